The molecule has 0 aliphatic rings. The van der Waals surface area contributed by atoms with Crippen molar-refractivity contribution in [3.8, 4) is 5.75 Å². The van der Waals surface area contributed by atoms with E-state index in [1.165, 1.54) is 36.4 Å². The third kappa shape index (κ3) is 3.29. The number of benzene rings is 2. The van der Waals surface area contributed by atoms with E-state index in [1.807, 2.05) is 0 Å². The predicted molar refractivity (Wildman–Crippen MR) is 83.4 cm³/mol. The van der Waals surface area contributed by atoms with Crippen LogP contribution >= 0.6 is 23.8 Å². The molecule has 2 aromatic rings. The quantitative estimate of drug-likeness (QED) is 0.758. The highest BCUT2D eigenvalue weighted by Gasteiger charge is 2.16. The fraction of sp³-hybridized carbons (Fsp3) is 0. The van der Waals surface area contributed by atoms with Gasteiger partial charge in [0, 0.05) is 0 Å². The van der Waals surface area contributed by atoms with Crippen molar-refractivity contribution in [2.45, 2.75) is 0 Å². The standard InChI is InChI=1S/C14H10ClFN2O2S/c15-9-5-4-7(19)6-8(9)14(20)18-11-3-1-2-10(16)12(11)13(17)21/h1-6,19H,(H2,17,21)(H,18,20). The zero-order valence-corrected chi connectivity index (χ0v) is 12.1. The molecule has 0 heterocycles. The van der Waals surface area contributed by atoms with Gasteiger partial charge in [0.25, 0.3) is 5.91 Å². The molecule has 0 fully saturated rings. The molecule has 0 aromatic heterocycles. The van der Waals surface area contributed by atoms with Crippen molar-refractivity contribution in [2.24, 2.45) is 5.73 Å². The summed E-state index contributed by atoms with van der Waals surface area (Å²) in [5.74, 6) is -1.36. The second kappa shape index (κ2) is 6.07. The van der Waals surface area contributed by atoms with Gasteiger partial charge in [-0.15, -0.1) is 0 Å². The van der Waals surface area contributed by atoms with Gasteiger partial charge < -0.3 is 16.2 Å². The topological polar surface area (TPSA) is 75.3 Å². The molecular weight excluding hydrogens is 315 g/mol. The molecule has 0 aliphatic carbocycles. The van der Waals surface area contributed by atoms with E-state index in [9.17, 15) is 14.3 Å². The molecule has 4 nitrogen and oxygen atoms in total. The fourth-order valence-corrected chi connectivity index (χ4v) is 2.17. The smallest absolute Gasteiger partial charge is 0.257 e. The molecule has 21 heavy (non-hydrogen) atoms. The van der Waals surface area contributed by atoms with Gasteiger partial charge >= 0.3 is 0 Å². The lowest BCUT2D eigenvalue weighted by Crippen LogP contribution is -2.19. The van der Waals surface area contributed by atoms with Crippen molar-refractivity contribution in [1.82, 2.24) is 0 Å². The minimum atomic E-state index is -0.637. The van der Waals surface area contributed by atoms with Gasteiger partial charge in [0.15, 0.2) is 0 Å². The Kier molecular flexibility index (Phi) is 4.40. The van der Waals surface area contributed by atoms with Gasteiger partial charge in [-0.2, -0.15) is 0 Å². The molecule has 0 spiro atoms. The van der Waals surface area contributed by atoms with E-state index in [0.29, 0.717) is 0 Å². The zero-order chi connectivity index (χ0) is 15.6. The molecule has 4 N–H and O–H groups in total. The molecule has 0 unspecified atom stereocenters. The lowest BCUT2D eigenvalue weighted by molar-refractivity contribution is 0.102. The zero-order valence-electron chi connectivity index (χ0n) is 10.6. The maximum Gasteiger partial charge on any atom is 0.257 e. The molecule has 108 valence electrons. The highest BCUT2D eigenvalue weighted by Crippen LogP contribution is 2.24. The van der Waals surface area contributed by atoms with E-state index in [0.717, 1.165) is 0 Å². The molecule has 0 atom stereocenters. The van der Waals surface area contributed by atoms with Crippen molar-refractivity contribution in [3.63, 3.8) is 0 Å². The summed E-state index contributed by atoms with van der Waals surface area (Å²) in [6.07, 6.45) is 0. The first-order chi connectivity index (χ1) is 9.90. The Morgan fingerprint density at radius 2 is 2.05 bits per heavy atom. The number of halogens is 2. The number of amides is 1. The molecule has 0 saturated carbocycles. The number of thiocarbonyl (C=S) groups is 1. The lowest BCUT2D eigenvalue weighted by Gasteiger charge is -2.11. The Bertz CT molecular complexity index is 737. The number of nitrogens with two attached hydrogens (primary N) is 1. The van der Waals surface area contributed by atoms with Crippen molar-refractivity contribution < 1.29 is 14.3 Å². The van der Waals surface area contributed by atoms with Gasteiger partial charge in [0.1, 0.15) is 16.6 Å². The van der Waals surface area contributed by atoms with Crippen molar-refractivity contribution in [1.29, 1.82) is 0 Å². The van der Waals surface area contributed by atoms with Gasteiger partial charge in [0.2, 0.25) is 0 Å². The summed E-state index contributed by atoms with van der Waals surface area (Å²) < 4.78 is 13.7. The molecule has 0 bridgehead atoms. The SMILES string of the molecule is NC(=S)c1c(F)cccc1NC(=O)c1cc(O)ccc1Cl. The lowest BCUT2D eigenvalue weighted by atomic mass is 10.1. The number of phenolic OH excluding ortho intramolecular Hbond substituents is 1. The van der Waals surface area contributed by atoms with Crippen LogP contribution in [0, 0.1) is 5.82 Å². The first kappa shape index (κ1) is 15.2. The van der Waals surface area contributed by atoms with Gasteiger partial charge in [-0.1, -0.05) is 29.9 Å². The molecular formula is C14H10ClFN2O2S. The summed E-state index contributed by atoms with van der Waals surface area (Å²) in [5.41, 5.74) is 5.58. The number of phenols is 1. The summed E-state index contributed by atoms with van der Waals surface area (Å²) in [7, 11) is 0. The molecule has 2 rings (SSSR count). The van der Waals surface area contributed by atoms with E-state index in [2.05, 4.69) is 5.32 Å². The van der Waals surface area contributed by atoms with E-state index < -0.39 is 11.7 Å². The van der Waals surface area contributed by atoms with Crippen LogP contribution in [0.2, 0.25) is 5.02 Å². The van der Waals surface area contributed by atoms with Crippen LogP contribution in [0.4, 0.5) is 10.1 Å². The normalized spacial score (nSPS) is 10.2. The van der Waals surface area contributed by atoms with Crippen LogP contribution in [0.3, 0.4) is 0 Å². The van der Waals surface area contributed by atoms with E-state index in [-0.39, 0.29) is 32.6 Å². The number of anilines is 1. The van der Waals surface area contributed by atoms with Crippen LogP contribution in [0.15, 0.2) is 36.4 Å². The number of carbonyl (C=O) groups is 1. The summed E-state index contributed by atoms with van der Waals surface area (Å²) in [5, 5.41) is 12.0. The summed E-state index contributed by atoms with van der Waals surface area (Å²) in [6, 6.07) is 8.00. The van der Waals surface area contributed by atoms with Crippen LogP contribution in [0.25, 0.3) is 0 Å². The Morgan fingerprint density at radius 1 is 1.33 bits per heavy atom. The minimum Gasteiger partial charge on any atom is -0.508 e. The molecule has 0 saturated heterocycles. The van der Waals surface area contributed by atoms with Crippen LogP contribution in [-0.4, -0.2) is 16.0 Å². The van der Waals surface area contributed by atoms with Gasteiger partial charge in [-0.05, 0) is 30.3 Å². The number of hydrogen-bond acceptors (Lipinski definition) is 3. The number of aromatic hydroxyl groups is 1. The van der Waals surface area contributed by atoms with Gasteiger partial charge in [-0.25, -0.2) is 4.39 Å². The number of hydrogen-bond donors (Lipinski definition) is 3. The molecule has 7 heteroatoms. The Hall–Kier alpha value is -2.18. The highest BCUT2D eigenvalue weighted by atomic mass is 35.5. The first-order valence-electron chi connectivity index (χ1n) is 5.78. The number of carbonyl (C=O) groups excluding carboxylic acids is 1. The maximum absolute atomic E-state index is 13.7. The van der Waals surface area contributed by atoms with Crippen LogP contribution in [0.5, 0.6) is 5.75 Å². The summed E-state index contributed by atoms with van der Waals surface area (Å²) in [6.45, 7) is 0. The van der Waals surface area contributed by atoms with Gasteiger partial charge in [-0.3, -0.25) is 4.79 Å². The van der Waals surface area contributed by atoms with Crippen molar-refractivity contribution in [2.75, 3.05) is 5.32 Å². The average molecular weight is 325 g/mol. The summed E-state index contributed by atoms with van der Waals surface area (Å²) >= 11 is 10.7. The largest absolute Gasteiger partial charge is 0.508 e. The summed E-state index contributed by atoms with van der Waals surface area (Å²) in [4.78, 5) is 12.0. The van der Waals surface area contributed by atoms with Crippen molar-refractivity contribution >= 4 is 40.4 Å². The third-order valence-electron chi connectivity index (χ3n) is 2.70. The number of rotatable bonds is 3. The molecule has 0 aliphatic heterocycles. The Labute approximate surface area is 130 Å². The third-order valence-corrected chi connectivity index (χ3v) is 3.24. The van der Waals surface area contributed by atoms with Gasteiger partial charge in [0.05, 0.1) is 21.8 Å². The van der Waals surface area contributed by atoms with Crippen LogP contribution < -0.4 is 11.1 Å². The second-order valence-corrected chi connectivity index (χ2v) is 4.99. The van der Waals surface area contributed by atoms with Crippen LogP contribution in [-0.2, 0) is 0 Å². The monoisotopic (exact) mass is 324 g/mol. The Balaban J connectivity index is 2.39. The molecule has 1 amide bonds. The second-order valence-electron chi connectivity index (χ2n) is 4.14. The fourth-order valence-electron chi connectivity index (χ4n) is 1.76. The van der Waals surface area contributed by atoms with E-state index in [4.69, 9.17) is 29.6 Å². The first-order valence-corrected chi connectivity index (χ1v) is 6.57. The van der Waals surface area contributed by atoms with E-state index >= 15 is 0 Å². The molecule has 0 radical (unpaired) electrons. The average Bonchev–Trinajstić information content (AvgIpc) is 2.41. The Morgan fingerprint density at radius 3 is 2.71 bits per heavy atom. The number of nitrogens with one attached hydrogen (secondary N) is 1. The van der Waals surface area contributed by atoms with E-state index in [1.54, 1.807) is 0 Å². The molecule has 2 aromatic carbocycles. The highest BCUT2D eigenvalue weighted by molar-refractivity contribution is 7.80. The maximum atomic E-state index is 13.7. The van der Waals surface area contributed by atoms with Crippen molar-refractivity contribution in [3.05, 3.63) is 58.4 Å². The minimum absolute atomic E-state index is 0.0508. The van der Waals surface area contributed by atoms with Crippen LogP contribution in [0.1, 0.15) is 15.9 Å². The predicted octanol–water partition coefficient (Wildman–Crippen LogP) is 3.07.